The van der Waals surface area contributed by atoms with Gasteiger partial charge in [-0.1, -0.05) is 37.3 Å². The maximum absolute atomic E-state index is 5.21. The van der Waals surface area contributed by atoms with Crippen LogP contribution in [0.2, 0.25) is 0 Å². The first kappa shape index (κ1) is 22.2. The van der Waals surface area contributed by atoms with Crippen LogP contribution in [-0.2, 0) is 18.3 Å². The Morgan fingerprint density at radius 3 is 2.50 bits per heavy atom. The molecule has 1 atom stereocenters. The number of hydrogen-bond acceptors (Lipinski definition) is 5. The minimum atomic E-state index is 0.469. The highest BCUT2D eigenvalue weighted by Crippen LogP contribution is 2.25. The summed E-state index contributed by atoms with van der Waals surface area (Å²) in [4.78, 5) is 9.77. The SMILES string of the molecule is CCC(c1ccccc1)N1CCN(C(=NCc2nnc(C)n2C)NCCOC)CC1. The first-order chi connectivity index (χ1) is 14.6. The number of methoxy groups -OCH3 is 1. The van der Waals surface area contributed by atoms with Gasteiger partial charge in [-0.2, -0.15) is 0 Å². The van der Waals surface area contributed by atoms with Gasteiger partial charge in [0.25, 0.3) is 0 Å². The third-order valence-electron chi connectivity index (χ3n) is 5.77. The number of ether oxygens (including phenoxy) is 1. The van der Waals surface area contributed by atoms with E-state index in [1.165, 1.54) is 5.56 Å². The van der Waals surface area contributed by atoms with Gasteiger partial charge in [-0.05, 0) is 18.9 Å². The molecule has 0 amide bonds. The Morgan fingerprint density at radius 2 is 1.90 bits per heavy atom. The van der Waals surface area contributed by atoms with E-state index in [0.29, 0.717) is 19.2 Å². The molecule has 0 saturated carbocycles. The molecule has 0 radical (unpaired) electrons. The number of guanidine groups is 1. The Balaban J connectivity index is 1.65. The van der Waals surface area contributed by atoms with E-state index < -0.39 is 0 Å². The third kappa shape index (κ3) is 5.58. The Morgan fingerprint density at radius 1 is 1.17 bits per heavy atom. The van der Waals surface area contributed by atoms with E-state index in [0.717, 1.165) is 56.8 Å². The molecule has 3 rings (SSSR count). The molecule has 1 saturated heterocycles. The first-order valence-corrected chi connectivity index (χ1v) is 10.8. The van der Waals surface area contributed by atoms with E-state index in [4.69, 9.17) is 9.73 Å². The van der Waals surface area contributed by atoms with Crippen LogP contribution in [0.1, 0.15) is 36.6 Å². The topological polar surface area (TPSA) is 70.8 Å². The second-order valence-electron chi connectivity index (χ2n) is 7.64. The van der Waals surface area contributed by atoms with Crippen molar-refractivity contribution >= 4 is 5.96 Å². The molecule has 0 spiro atoms. The summed E-state index contributed by atoms with van der Waals surface area (Å²) in [6, 6.07) is 11.3. The molecule has 0 bridgehead atoms. The zero-order valence-corrected chi connectivity index (χ0v) is 18.7. The summed E-state index contributed by atoms with van der Waals surface area (Å²) < 4.78 is 7.19. The van der Waals surface area contributed by atoms with E-state index in [9.17, 15) is 0 Å². The molecule has 2 aromatic rings. The fraction of sp³-hybridized carbons (Fsp3) is 0.591. The minimum Gasteiger partial charge on any atom is -0.383 e. The second kappa shape index (κ2) is 11.1. The van der Waals surface area contributed by atoms with Crippen molar-refractivity contribution in [1.82, 2.24) is 29.9 Å². The maximum Gasteiger partial charge on any atom is 0.194 e. The first-order valence-electron chi connectivity index (χ1n) is 10.8. The van der Waals surface area contributed by atoms with Crippen LogP contribution in [0.3, 0.4) is 0 Å². The van der Waals surface area contributed by atoms with E-state index in [1.807, 2.05) is 18.5 Å². The monoisotopic (exact) mass is 413 g/mol. The number of rotatable bonds is 8. The van der Waals surface area contributed by atoms with Crippen molar-refractivity contribution in [3.63, 3.8) is 0 Å². The largest absolute Gasteiger partial charge is 0.383 e. The molecular formula is C22H35N7O. The van der Waals surface area contributed by atoms with Crippen molar-refractivity contribution in [3.05, 3.63) is 47.5 Å². The van der Waals surface area contributed by atoms with Gasteiger partial charge < -0.3 is 19.5 Å². The van der Waals surface area contributed by atoms with Crippen LogP contribution in [0, 0.1) is 6.92 Å². The van der Waals surface area contributed by atoms with E-state index >= 15 is 0 Å². The third-order valence-corrected chi connectivity index (χ3v) is 5.77. The molecule has 1 aromatic heterocycles. The predicted molar refractivity (Wildman–Crippen MR) is 119 cm³/mol. The molecule has 1 aliphatic rings. The summed E-state index contributed by atoms with van der Waals surface area (Å²) in [5.74, 6) is 2.68. The van der Waals surface area contributed by atoms with Gasteiger partial charge in [-0.3, -0.25) is 4.90 Å². The van der Waals surface area contributed by atoms with Crippen molar-refractivity contribution in [2.75, 3.05) is 46.4 Å². The number of hydrogen-bond donors (Lipinski definition) is 1. The quantitative estimate of drug-likeness (QED) is 0.405. The van der Waals surface area contributed by atoms with Crippen molar-refractivity contribution in [3.8, 4) is 0 Å². The van der Waals surface area contributed by atoms with Crippen molar-refractivity contribution in [1.29, 1.82) is 0 Å². The van der Waals surface area contributed by atoms with Gasteiger partial charge in [0.1, 0.15) is 12.4 Å². The molecule has 164 valence electrons. The molecule has 8 heteroatoms. The standard InChI is InChI=1S/C22H35N7O/c1-5-20(19-9-7-6-8-10-19)28-12-14-29(15-13-28)22(23-11-16-30-4)24-17-21-26-25-18(2)27(21)3/h6-10,20H,5,11-17H2,1-4H3,(H,23,24). The van der Waals surface area contributed by atoms with Crippen LogP contribution in [-0.4, -0.2) is 77.0 Å². The summed E-state index contributed by atoms with van der Waals surface area (Å²) >= 11 is 0. The number of aliphatic imine (C=N–C) groups is 1. The molecule has 1 aliphatic heterocycles. The maximum atomic E-state index is 5.21. The lowest BCUT2D eigenvalue weighted by atomic mass is 10.0. The van der Waals surface area contributed by atoms with E-state index in [-0.39, 0.29) is 0 Å². The summed E-state index contributed by atoms with van der Waals surface area (Å²) in [5.41, 5.74) is 1.40. The Bertz CT molecular complexity index is 797. The van der Waals surface area contributed by atoms with Crippen molar-refractivity contribution < 1.29 is 4.74 Å². The summed E-state index contributed by atoms with van der Waals surface area (Å²) in [6.07, 6.45) is 1.11. The van der Waals surface area contributed by atoms with Gasteiger partial charge in [-0.25, -0.2) is 4.99 Å². The van der Waals surface area contributed by atoms with Gasteiger partial charge in [-0.15, -0.1) is 10.2 Å². The Hall–Kier alpha value is -2.45. The van der Waals surface area contributed by atoms with Crippen LogP contribution in [0.4, 0.5) is 0 Å². The lowest BCUT2D eigenvalue weighted by Gasteiger charge is -2.40. The van der Waals surface area contributed by atoms with E-state index in [1.54, 1.807) is 7.11 Å². The molecule has 1 aromatic carbocycles. The van der Waals surface area contributed by atoms with Crippen LogP contribution in [0.25, 0.3) is 0 Å². The number of nitrogens with one attached hydrogen (secondary N) is 1. The minimum absolute atomic E-state index is 0.469. The van der Waals surface area contributed by atoms with Crippen LogP contribution in [0.5, 0.6) is 0 Å². The highest BCUT2D eigenvalue weighted by Gasteiger charge is 2.25. The summed E-state index contributed by atoms with van der Waals surface area (Å²) in [7, 11) is 3.69. The second-order valence-corrected chi connectivity index (χ2v) is 7.64. The molecule has 1 N–H and O–H groups in total. The highest BCUT2D eigenvalue weighted by molar-refractivity contribution is 5.80. The number of aryl methyl sites for hydroxylation is 1. The van der Waals surface area contributed by atoms with Crippen LogP contribution >= 0.6 is 0 Å². The molecule has 2 heterocycles. The number of piperazine rings is 1. The molecule has 1 fully saturated rings. The fourth-order valence-electron chi connectivity index (χ4n) is 3.89. The Kier molecular flexibility index (Phi) is 8.21. The number of nitrogens with zero attached hydrogens (tertiary/aromatic N) is 6. The summed E-state index contributed by atoms with van der Waals surface area (Å²) in [5, 5.41) is 11.8. The molecule has 1 unspecified atom stereocenters. The zero-order chi connectivity index (χ0) is 21.3. The highest BCUT2D eigenvalue weighted by atomic mass is 16.5. The average molecular weight is 414 g/mol. The Labute approximate surface area is 179 Å². The molecule has 8 nitrogen and oxygen atoms in total. The smallest absolute Gasteiger partial charge is 0.194 e. The van der Waals surface area contributed by atoms with Gasteiger partial charge in [0, 0.05) is 52.9 Å². The predicted octanol–water partition coefficient (Wildman–Crippen LogP) is 1.98. The number of benzene rings is 1. The van der Waals surface area contributed by atoms with Gasteiger partial charge in [0.15, 0.2) is 11.8 Å². The fourth-order valence-corrected chi connectivity index (χ4v) is 3.89. The average Bonchev–Trinajstić information content (AvgIpc) is 3.10. The lowest BCUT2D eigenvalue weighted by Crippen LogP contribution is -2.53. The molecule has 30 heavy (non-hydrogen) atoms. The van der Waals surface area contributed by atoms with Crippen molar-refractivity contribution in [2.45, 2.75) is 32.9 Å². The molecule has 0 aliphatic carbocycles. The lowest BCUT2D eigenvalue weighted by molar-refractivity contribution is 0.126. The molecular weight excluding hydrogens is 378 g/mol. The van der Waals surface area contributed by atoms with E-state index in [2.05, 4.69) is 62.6 Å². The van der Waals surface area contributed by atoms with Crippen LogP contribution < -0.4 is 5.32 Å². The summed E-state index contributed by atoms with van der Waals surface area (Å²) in [6.45, 7) is 10.0. The normalized spacial score (nSPS) is 16.7. The zero-order valence-electron chi connectivity index (χ0n) is 18.7. The van der Waals surface area contributed by atoms with Gasteiger partial charge in [0.2, 0.25) is 0 Å². The van der Waals surface area contributed by atoms with Gasteiger partial charge in [0.05, 0.1) is 6.61 Å². The van der Waals surface area contributed by atoms with Gasteiger partial charge >= 0.3 is 0 Å². The van der Waals surface area contributed by atoms with Crippen molar-refractivity contribution in [2.24, 2.45) is 12.0 Å². The number of aromatic nitrogens is 3. The van der Waals surface area contributed by atoms with Crippen LogP contribution in [0.15, 0.2) is 35.3 Å².